The topological polar surface area (TPSA) is 54.4 Å². The second-order valence-corrected chi connectivity index (χ2v) is 9.82. The van der Waals surface area contributed by atoms with E-state index in [1.54, 1.807) is 6.92 Å². The fraction of sp³-hybridized carbons (Fsp3) is 1.00. The van der Waals surface area contributed by atoms with E-state index in [9.17, 15) is 8.42 Å². The van der Waals surface area contributed by atoms with E-state index in [1.165, 1.54) is 77.0 Å². The van der Waals surface area contributed by atoms with E-state index in [1.807, 2.05) is 0 Å². The maximum absolute atomic E-state index is 11.7. The number of sulfone groups is 1. The molecule has 0 radical (unpaired) electrons. The third-order valence-electron chi connectivity index (χ3n) is 4.95. The molecule has 24 heavy (non-hydrogen) atoms. The first-order valence-electron chi connectivity index (χ1n) is 10.4. The van der Waals surface area contributed by atoms with Gasteiger partial charge in [0.1, 0.15) is 0 Å². The second-order valence-electron chi connectivity index (χ2n) is 7.29. The third-order valence-corrected chi connectivity index (χ3v) is 7.17. The molecule has 1 unspecified atom stereocenters. The molecule has 3 nitrogen and oxygen atoms in total. The molecule has 0 fully saturated rings. The monoisotopic (exact) mass is 362 g/mol. The minimum atomic E-state index is -3.08. The lowest BCUT2D eigenvalue weighted by atomic mass is 10.0. The predicted molar refractivity (Wildman–Crippen MR) is 105 cm³/mol. The quantitative estimate of drug-likeness (QED) is 0.320. The summed E-state index contributed by atoms with van der Waals surface area (Å²) in [5, 5.41) is 8.46. The standard InChI is InChI=1S/C20H42O3S/c1-3-4-5-6-7-8-9-10-11-12-13-14-15-16-17-20(2)24(22,23)19-18-21/h20-21H,3-19H2,1-2H3. The van der Waals surface area contributed by atoms with Gasteiger partial charge in [-0.1, -0.05) is 96.8 Å². The number of unbranched alkanes of at least 4 members (excludes halogenated alkanes) is 13. The number of hydrogen-bond acceptors (Lipinski definition) is 3. The zero-order valence-electron chi connectivity index (χ0n) is 16.3. The molecule has 1 atom stereocenters. The highest BCUT2D eigenvalue weighted by Gasteiger charge is 2.19. The zero-order valence-corrected chi connectivity index (χ0v) is 17.1. The number of hydrogen-bond donors (Lipinski definition) is 1. The van der Waals surface area contributed by atoms with Crippen molar-refractivity contribution in [2.24, 2.45) is 0 Å². The van der Waals surface area contributed by atoms with Gasteiger partial charge >= 0.3 is 0 Å². The van der Waals surface area contributed by atoms with Crippen LogP contribution in [-0.4, -0.2) is 31.1 Å². The van der Waals surface area contributed by atoms with E-state index >= 15 is 0 Å². The van der Waals surface area contributed by atoms with E-state index in [4.69, 9.17) is 5.11 Å². The molecule has 0 aliphatic rings. The Morgan fingerprint density at radius 1 is 0.708 bits per heavy atom. The SMILES string of the molecule is CCCCCCCCCCCCCCCCC(C)S(=O)(=O)CCO. The fourth-order valence-electron chi connectivity index (χ4n) is 3.13. The van der Waals surface area contributed by atoms with Crippen LogP contribution in [0.15, 0.2) is 0 Å². The van der Waals surface area contributed by atoms with Crippen LogP contribution in [-0.2, 0) is 9.84 Å². The van der Waals surface area contributed by atoms with Crippen molar-refractivity contribution in [2.45, 2.75) is 115 Å². The average Bonchev–Trinajstić information content (AvgIpc) is 2.54. The molecular formula is C20H42O3S. The van der Waals surface area contributed by atoms with Gasteiger partial charge < -0.3 is 5.11 Å². The Balaban J connectivity index is 3.28. The van der Waals surface area contributed by atoms with Crippen LogP contribution in [0.5, 0.6) is 0 Å². The number of rotatable bonds is 18. The molecule has 0 bridgehead atoms. The first-order valence-corrected chi connectivity index (χ1v) is 12.1. The molecule has 0 rings (SSSR count). The summed E-state index contributed by atoms with van der Waals surface area (Å²) in [5.41, 5.74) is 0. The lowest BCUT2D eigenvalue weighted by Gasteiger charge is -2.11. The van der Waals surface area contributed by atoms with Crippen LogP contribution in [0.1, 0.15) is 110 Å². The Morgan fingerprint density at radius 2 is 1.08 bits per heavy atom. The summed E-state index contributed by atoms with van der Waals surface area (Å²) in [6.45, 7) is 3.78. The Hall–Kier alpha value is -0.0900. The fourth-order valence-corrected chi connectivity index (χ4v) is 4.32. The van der Waals surface area contributed by atoms with Crippen LogP contribution in [0.25, 0.3) is 0 Å². The Morgan fingerprint density at radius 3 is 1.46 bits per heavy atom. The van der Waals surface area contributed by atoms with Crippen LogP contribution < -0.4 is 0 Å². The molecule has 4 heteroatoms. The molecule has 0 saturated carbocycles. The van der Waals surface area contributed by atoms with Crippen molar-refractivity contribution in [3.63, 3.8) is 0 Å². The minimum absolute atomic E-state index is 0.0905. The summed E-state index contributed by atoms with van der Waals surface area (Å²) in [4.78, 5) is 0. The van der Waals surface area contributed by atoms with Crippen molar-refractivity contribution in [1.82, 2.24) is 0 Å². The molecule has 0 aromatic carbocycles. The van der Waals surface area contributed by atoms with Gasteiger partial charge in [-0.25, -0.2) is 8.42 Å². The second kappa shape index (κ2) is 16.4. The minimum Gasteiger partial charge on any atom is -0.395 e. The maximum Gasteiger partial charge on any atom is 0.155 e. The summed E-state index contributed by atoms with van der Waals surface area (Å²) in [7, 11) is -3.08. The highest BCUT2D eigenvalue weighted by Crippen LogP contribution is 2.15. The van der Waals surface area contributed by atoms with E-state index in [0.717, 1.165) is 19.3 Å². The summed E-state index contributed by atoms with van der Waals surface area (Å²) in [6.07, 6.45) is 19.2. The number of aliphatic hydroxyl groups excluding tert-OH is 1. The van der Waals surface area contributed by atoms with Crippen LogP contribution in [0.3, 0.4) is 0 Å². The van der Waals surface area contributed by atoms with Gasteiger partial charge in [0, 0.05) is 0 Å². The summed E-state index contributed by atoms with van der Waals surface area (Å²) >= 11 is 0. The van der Waals surface area contributed by atoms with Crippen molar-refractivity contribution >= 4 is 9.84 Å². The molecule has 0 aromatic rings. The Kier molecular flexibility index (Phi) is 16.3. The molecule has 0 spiro atoms. The number of aliphatic hydroxyl groups is 1. The molecule has 146 valence electrons. The van der Waals surface area contributed by atoms with Gasteiger partial charge in [-0.15, -0.1) is 0 Å². The lowest BCUT2D eigenvalue weighted by Crippen LogP contribution is -2.22. The van der Waals surface area contributed by atoms with Gasteiger partial charge in [0.15, 0.2) is 9.84 Å². The van der Waals surface area contributed by atoms with Crippen LogP contribution in [0.4, 0.5) is 0 Å². The Labute approximate surface area is 151 Å². The molecule has 1 N–H and O–H groups in total. The van der Waals surface area contributed by atoms with Crippen LogP contribution >= 0.6 is 0 Å². The maximum atomic E-state index is 11.7. The zero-order chi connectivity index (χ0) is 18.1. The summed E-state index contributed by atoms with van der Waals surface area (Å²) in [6, 6.07) is 0. The van der Waals surface area contributed by atoms with E-state index < -0.39 is 9.84 Å². The highest BCUT2D eigenvalue weighted by molar-refractivity contribution is 7.92. The van der Waals surface area contributed by atoms with Gasteiger partial charge in [0.2, 0.25) is 0 Å². The first-order chi connectivity index (χ1) is 11.5. The van der Waals surface area contributed by atoms with Gasteiger partial charge in [-0.05, 0) is 13.3 Å². The van der Waals surface area contributed by atoms with Crippen molar-refractivity contribution < 1.29 is 13.5 Å². The van der Waals surface area contributed by atoms with Gasteiger partial charge in [-0.3, -0.25) is 0 Å². The van der Waals surface area contributed by atoms with Crippen molar-refractivity contribution in [3.05, 3.63) is 0 Å². The smallest absolute Gasteiger partial charge is 0.155 e. The van der Waals surface area contributed by atoms with E-state index in [0.29, 0.717) is 0 Å². The van der Waals surface area contributed by atoms with Crippen molar-refractivity contribution in [1.29, 1.82) is 0 Å². The van der Waals surface area contributed by atoms with Crippen molar-refractivity contribution in [2.75, 3.05) is 12.4 Å². The average molecular weight is 363 g/mol. The molecular weight excluding hydrogens is 320 g/mol. The molecule has 0 amide bonds. The first kappa shape index (κ1) is 23.9. The molecule has 0 aliphatic heterocycles. The molecule has 0 saturated heterocycles. The third kappa shape index (κ3) is 14.3. The lowest BCUT2D eigenvalue weighted by molar-refractivity contribution is 0.319. The highest BCUT2D eigenvalue weighted by atomic mass is 32.2. The molecule has 0 aromatic heterocycles. The van der Waals surface area contributed by atoms with Gasteiger partial charge in [0.25, 0.3) is 0 Å². The van der Waals surface area contributed by atoms with E-state index in [-0.39, 0.29) is 17.6 Å². The Bertz CT molecular complexity index is 352. The largest absolute Gasteiger partial charge is 0.395 e. The van der Waals surface area contributed by atoms with E-state index in [2.05, 4.69) is 6.92 Å². The molecule has 0 heterocycles. The normalized spacial score (nSPS) is 13.3. The van der Waals surface area contributed by atoms with Crippen molar-refractivity contribution in [3.8, 4) is 0 Å². The van der Waals surface area contributed by atoms with Crippen LogP contribution in [0.2, 0.25) is 0 Å². The van der Waals surface area contributed by atoms with Crippen LogP contribution in [0, 0.1) is 0 Å². The summed E-state index contributed by atoms with van der Waals surface area (Å²) < 4.78 is 23.5. The predicted octanol–water partition coefficient (Wildman–Crippen LogP) is 5.65. The van der Waals surface area contributed by atoms with Gasteiger partial charge in [0.05, 0.1) is 17.6 Å². The summed E-state index contributed by atoms with van der Waals surface area (Å²) in [5.74, 6) is -0.0905. The van der Waals surface area contributed by atoms with Gasteiger partial charge in [-0.2, -0.15) is 0 Å². The molecule has 0 aliphatic carbocycles.